The third kappa shape index (κ3) is 4.86. The van der Waals surface area contributed by atoms with Crippen molar-refractivity contribution in [1.29, 1.82) is 0 Å². The number of hydrogen-bond acceptors (Lipinski definition) is 4. The summed E-state index contributed by atoms with van der Waals surface area (Å²) >= 11 is 0. The molecule has 1 aliphatic rings. The third-order valence-electron chi connectivity index (χ3n) is 5.50. The van der Waals surface area contributed by atoms with Gasteiger partial charge in [0.2, 0.25) is 0 Å². The number of urea groups is 1. The van der Waals surface area contributed by atoms with Gasteiger partial charge in [-0.3, -0.25) is 4.90 Å². The number of ether oxygens (including phenoxy) is 1. The molecule has 2 heterocycles. The van der Waals surface area contributed by atoms with E-state index >= 15 is 0 Å². The lowest BCUT2D eigenvalue weighted by atomic mass is 10.00. The third-order valence-corrected chi connectivity index (χ3v) is 5.50. The van der Waals surface area contributed by atoms with Crippen molar-refractivity contribution < 1.29 is 14.3 Å². The van der Waals surface area contributed by atoms with Crippen LogP contribution in [0.1, 0.15) is 27.9 Å². The Morgan fingerprint density at radius 3 is 2.38 bits per heavy atom. The fourth-order valence-electron chi connectivity index (χ4n) is 3.73. The van der Waals surface area contributed by atoms with E-state index in [-0.39, 0.29) is 12.0 Å². The number of methoxy groups -OCH3 is 1. The highest BCUT2D eigenvalue weighted by Gasteiger charge is 2.25. The number of aromatic nitrogens is 1. The first-order chi connectivity index (χ1) is 15.7. The Hall–Kier alpha value is -3.93. The minimum Gasteiger partial charge on any atom is -0.465 e. The van der Waals surface area contributed by atoms with Crippen LogP contribution in [0.5, 0.6) is 0 Å². The SMILES string of the molecule is COC(=O)c1ccc(CN(C(=O)N2CC=C(c3ccccc3)CC2)c2ccccn2)cc1. The quantitative estimate of drug-likeness (QED) is 0.550. The molecule has 0 spiro atoms. The van der Waals surface area contributed by atoms with E-state index in [0.717, 1.165) is 12.0 Å². The van der Waals surface area contributed by atoms with Gasteiger partial charge < -0.3 is 9.64 Å². The summed E-state index contributed by atoms with van der Waals surface area (Å²) in [6.45, 7) is 1.54. The number of carbonyl (C=O) groups excluding carboxylic acids is 2. The topological polar surface area (TPSA) is 62.7 Å². The van der Waals surface area contributed by atoms with Gasteiger partial charge in [-0.2, -0.15) is 0 Å². The van der Waals surface area contributed by atoms with Crippen molar-refractivity contribution in [3.05, 3.63) is 102 Å². The van der Waals surface area contributed by atoms with E-state index < -0.39 is 0 Å². The van der Waals surface area contributed by atoms with Crippen LogP contribution in [-0.4, -0.2) is 42.1 Å². The van der Waals surface area contributed by atoms with Crippen LogP contribution in [0, 0.1) is 0 Å². The second kappa shape index (κ2) is 9.92. The van der Waals surface area contributed by atoms with E-state index in [1.54, 1.807) is 23.2 Å². The highest BCUT2D eigenvalue weighted by atomic mass is 16.5. The summed E-state index contributed by atoms with van der Waals surface area (Å²) in [6.07, 6.45) is 4.61. The van der Waals surface area contributed by atoms with Gasteiger partial charge in [0.15, 0.2) is 0 Å². The van der Waals surface area contributed by atoms with E-state index in [9.17, 15) is 9.59 Å². The fraction of sp³-hybridized carbons (Fsp3) is 0.192. The molecule has 0 fully saturated rings. The minimum absolute atomic E-state index is 0.0934. The lowest BCUT2D eigenvalue weighted by molar-refractivity contribution is 0.0600. The summed E-state index contributed by atoms with van der Waals surface area (Å²) in [7, 11) is 1.36. The number of carbonyl (C=O) groups is 2. The maximum atomic E-state index is 13.5. The molecule has 0 atom stereocenters. The van der Waals surface area contributed by atoms with Crippen LogP contribution >= 0.6 is 0 Å². The smallest absolute Gasteiger partial charge is 0.337 e. The predicted molar refractivity (Wildman–Crippen MR) is 124 cm³/mol. The van der Waals surface area contributed by atoms with Gasteiger partial charge in [0.05, 0.1) is 19.2 Å². The highest BCUT2D eigenvalue weighted by molar-refractivity contribution is 5.92. The van der Waals surface area contributed by atoms with Crippen LogP contribution in [0.25, 0.3) is 5.57 Å². The van der Waals surface area contributed by atoms with E-state index in [1.807, 2.05) is 53.4 Å². The maximum absolute atomic E-state index is 13.5. The van der Waals surface area contributed by atoms with Crippen molar-refractivity contribution in [3.63, 3.8) is 0 Å². The second-order valence-electron chi connectivity index (χ2n) is 7.54. The molecule has 162 valence electrons. The van der Waals surface area contributed by atoms with E-state index in [4.69, 9.17) is 4.74 Å². The summed E-state index contributed by atoms with van der Waals surface area (Å²) in [6, 6.07) is 22.8. The molecule has 1 aromatic heterocycles. The van der Waals surface area contributed by atoms with Gasteiger partial charge in [-0.05, 0) is 47.4 Å². The van der Waals surface area contributed by atoms with Crippen LogP contribution in [0.15, 0.2) is 85.1 Å². The summed E-state index contributed by atoms with van der Waals surface area (Å²) in [5.74, 6) is 0.205. The monoisotopic (exact) mass is 427 g/mol. The maximum Gasteiger partial charge on any atom is 0.337 e. The average Bonchev–Trinajstić information content (AvgIpc) is 2.88. The molecular formula is C26H25N3O3. The molecule has 32 heavy (non-hydrogen) atoms. The molecule has 2 amide bonds. The van der Waals surface area contributed by atoms with Gasteiger partial charge in [0.25, 0.3) is 0 Å². The molecule has 6 heteroatoms. The molecule has 0 saturated carbocycles. The van der Waals surface area contributed by atoms with Crippen LogP contribution in [-0.2, 0) is 11.3 Å². The Morgan fingerprint density at radius 2 is 1.75 bits per heavy atom. The number of esters is 1. The number of amides is 2. The molecule has 2 aromatic carbocycles. The number of hydrogen-bond donors (Lipinski definition) is 0. The minimum atomic E-state index is -0.386. The van der Waals surface area contributed by atoms with Crippen LogP contribution < -0.4 is 4.90 Å². The van der Waals surface area contributed by atoms with Crippen molar-refractivity contribution >= 4 is 23.4 Å². The second-order valence-corrected chi connectivity index (χ2v) is 7.54. The number of anilines is 1. The van der Waals surface area contributed by atoms with Crippen molar-refractivity contribution in [2.75, 3.05) is 25.1 Å². The molecule has 0 saturated heterocycles. The molecule has 0 radical (unpaired) electrons. The van der Waals surface area contributed by atoms with Crippen molar-refractivity contribution in [3.8, 4) is 0 Å². The van der Waals surface area contributed by atoms with Gasteiger partial charge in [0.1, 0.15) is 5.82 Å². The van der Waals surface area contributed by atoms with Crippen molar-refractivity contribution in [1.82, 2.24) is 9.88 Å². The van der Waals surface area contributed by atoms with Crippen LogP contribution in [0.2, 0.25) is 0 Å². The summed E-state index contributed by atoms with van der Waals surface area (Å²) < 4.78 is 4.76. The Balaban J connectivity index is 1.53. The number of benzene rings is 2. The summed E-state index contributed by atoms with van der Waals surface area (Å²) in [5, 5.41) is 0. The van der Waals surface area contributed by atoms with Gasteiger partial charge in [-0.15, -0.1) is 0 Å². The number of nitrogens with zero attached hydrogens (tertiary/aromatic N) is 3. The van der Waals surface area contributed by atoms with E-state index in [2.05, 4.69) is 23.2 Å². The highest BCUT2D eigenvalue weighted by Crippen LogP contribution is 2.24. The molecular weight excluding hydrogens is 402 g/mol. The average molecular weight is 428 g/mol. The van der Waals surface area contributed by atoms with Crippen LogP contribution in [0.4, 0.5) is 10.6 Å². The predicted octanol–water partition coefficient (Wildman–Crippen LogP) is 4.78. The van der Waals surface area contributed by atoms with E-state index in [1.165, 1.54) is 18.2 Å². The standard InChI is InChI=1S/C26H25N3O3/c1-32-25(30)23-12-10-20(11-13-23)19-29(24-9-5-6-16-27-24)26(31)28-17-14-22(15-18-28)21-7-3-2-4-8-21/h2-14,16H,15,17-19H2,1H3. The zero-order valence-corrected chi connectivity index (χ0v) is 18.0. The molecule has 0 aliphatic carbocycles. The molecule has 3 aromatic rings. The van der Waals surface area contributed by atoms with Gasteiger partial charge in [-0.1, -0.05) is 54.6 Å². The number of pyridine rings is 1. The summed E-state index contributed by atoms with van der Waals surface area (Å²) in [5.41, 5.74) is 3.83. The Bertz CT molecular complexity index is 1100. The summed E-state index contributed by atoms with van der Waals surface area (Å²) in [4.78, 5) is 33.1. The lowest BCUT2D eigenvalue weighted by Crippen LogP contribution is -2.45. The van der Waals surface area contributed by atoms with Gasteiger partial charge in [0, 0.05) is 19.3 Å². The molecule has 0 bridgehead atoms. The first-order valence-electron chi connectivity index (χ1n) is 10.5. The zero-order valence-electron chi connectivity index (χ0n) is 18.0. The molecule has 4 rings (SSSR count). The Morgan fingerprint density at radius 1 is 1.00 bits per heavy atom. The zero-order chi connectivity index (χ0) is 22.3. The molecule has 0 N–H and O–H groups in total. The van der Waals surface area contributed by atoms with E-state index in [0.29, 0.717) is 31.0 Å². The Labute approximate surface area is 187 Å². The van der Waals surface area contributed by atoms with Crippen molar-refractivity contribution in [2.24, 2.45) is 0 Å². The van der Waals surface area contributed by atoms with Gasteiger partial charge in [-0.25, -0.2) is 14.6 Å². The first-order valence-corrected chi connectivity index (χ1v) is 10.5. The molecule has 0 unspecified atom stereocenters. The molecule has 6 nitrogen and oxygen atoms in total. The normalized spacial score (nSPS) is 13.3. The van der Waals surface area contributed by atoms with Gasteiger partial charge >= 0.3 is 12.0 Å². The van der Waals surface area contributed by atoms with Crippen molar-refractivity contribution in [2.45, 2.75) is 13.0 Å². The lowest BCUT2D eigenvalue weighted by Gasteiger charge is -2.32. The molecule has 1 aliphatic heterocycles. The first kappa shape index (κ1) is 21.3. The fourth-order valence-corrected chi connectivity index (χ4v) is 3.73. The number of rotatable bonds is 5. The largest absolute Gasteiger partial charge is 0.465 e. The van der Waals surface area contributed by atoms with Crippen LogP contribution in [0.3, 0.4) is 0 Å². The Kier molecular flexibility index (Phi) is 6.60.